The number of nitrogens with one attached hydrogen (secondary N) is 1. The van der Waals surface area contributed by atoms with E-state index in [1.165, 1.54) is 28.1 Å². The van der Waals surface area contributed by atoms with Gasteiger partial charge in [0.25, 0.3) is 5.56 Å². The lowest BCUT2D eigenvalue weighted by Crippen LogP contribution is -2.31. The summed E-state index contributed by atoms with van der Waals surface area (Å²) in [6, 6.07) is 0. The van der Waals surface area contributed by atoms with Crippen molar-refractivity contribution in [2.45, 2.75) is 49.5 Å². The lowest BCUT2D eigenvalue weighted by Gasteiger charge is -2.25. The van der Waals surface area contributed by atoms with Gasteiger partial charge in [-0.2, -0.15) is 4.98 Å². The molecule has 2 unspecified atom stereocenters. The van der Waals surface area contributed by atoms with Crippen molar-refractivity contribution in [1.82, 2.24) is 39.0 Å². The summed E-state index contributed by atoms with van der Waals surface area (Å²) >= 11 is 5.18. The van der Waals surface area contributed by atoms with Gasteiger partial charge in [0.2, 0.25) is 5.95 Å². The molecular formula is C20H24FN10O8PS. The number of nitrogen functional groups attached to an aromatic ring is 2. The summed E-state index contributed by atoms with van der Waals surface area (Å²) in [6.45, 7) is -4.98. The molecule has 2 saturated heterocycles. The predicted octanol–water partition coefficient (Wildman–Crippen LogP) is -1.38. The second-order valence-corrected chi connectivity index (χ2v) is 12.1. The standard InChI is InChI=1S/C20H24FN10O8PS/c21-10-13(33)9(38-19(10)30-5-26-11-14(22)24-4-25-15(11)30)3-36-40(35,41)39-8-1-7(2-32)37-18(8)31-6-27-12-16(31)28-20(23)29-17(12)34/h4-10,13,18-19,32-33H,1-3H2,(H,35,41)(H2,22,24,25)(H3,23,28,29,34)/t7-,8-,9+,10?,13-,18+,19+,40?/m0/s1. The Hall–Kier alpha value is -3.20. The van der Waals surface area contributed by atoms with Gasteiger partial charge < -0.3 is 45.1 Å². The lowest BCUT2D eigenvalue weighted by atomic mass is 10.1. The fourth-order valence-corrected chi connectivity index (χ4v) is 6.24. The number of aromatic amines is 1. The zero-order chi connectivity index (χ0) is 29.1. The number of aliphatic hydroxyl groups excluding tert-OH is 2. The summed E-state index contributed by atoms with van der Waals surface area (Å²) in [5.74, 6) is -0.0682. The first-order chi connectivity index (χ1) is 19.6. The average molecular weight is 615 g/mol. The highest BCUT2D eigenvalue weighted by Crippen LogP contribution is 2.50. The van der Waals surface area contributed by atoms with Crippen LogP contribution in [0.25, 0.3) is 22.3 Å². The van der Waals surface area contributed by atoms with E-state index in [1.807, 2.05) is 0 Å². The quantitative estimate of drug-likeness (QED) is 0.125. The molecule has 2 aliphatic rings. The van der Waals surface area contributed by atoms with Crippen LogP contribution in [0, 0.1) is 0 Å². The maximum absolute atomic E-state index is 15.1. The molecule has 18 nitrogen and oxygen atoms in total. The van der Waals surface area contributed by atoms with E-state index in [0.717, 1.165) is 0 Å². The molecule has 41 heavy (non-hydrogen) atoms. The Kier molecular flexibility index (Phi) is 7.20. The number of anilines is 2. The largest absolute Gasteiger partial charge is 0.394 e. The van der Waals surface area contributed by atoms with Gasteiger partial charge in [0.05, 0.1) is 32.0 Å². The van der Waals surface area contributed by atoms with Crippen molar-refractivity contribution in [3.63, 3.8) is 0 Å². The van der Waals surface area contributed by atoms with E-state index in [-0.39, 0.29) is 47.1 Å². The van der Waals surface area contributed by atoms with Gasteiger partial charge in [0, 0.05) is 6.42 Å². The van der Waals surface area contributed by atoms with Crippen LogP contribution in [0.5, 0.6) is 0 Å². The molecule has 0 aliphatic carbocycles. The minimum Gasteiger partial charge on any atom is -0.394 e. The molecule has 0 spiro atoms. The number of ether oxygens (including phenoxy) is 2. The van der Waals surface area contributed by atoms with Crippen LogP contribution in [-0.4, -0.2) is 97.9 Å². The lowest BCUT2D eigenvalue weighted by molar-refractivity contribution is -0.0552. The van der Waals surface area contributed by atoms with Crippen LogP contribution >= 0.6 is 6.72 Å². The Morgan fingerprint density at radius 1 is 1.15 bits per heavy atom. The smallest absolute Gasteiger partial charge is 0.325 e. The molecule has 6 rings (SSSR count). The average Bonchev–Trinajstić information content (AvgIpc) is 3.69. The van der Waals surface area contributed by atoms with Crippen molar-refractivity contribution in [3.05, 3.63) is 29.3 Å². The number of halogens is 1. The molecule has 8 atom stereocenters. The topological polar surface area (TPSA) is 257 Å². The monoisotopic (exact) mass is 614 g/mol. The number of imidazole rings is 2. The number of alkyl halides is 1. The Bertz CT molecular complexity index is 1700. The predicted molar refractivity (Wildman–Crippen MR) is 140 cm³/mol. The van der Waals surface area contributed by atoms with E-state index in [2.05, 4.69) is 29.9 Å². The normalized spacial score (nSPS) is 29.9. The van der Waals surface area contributed by atoms with Crippen LogP contribution in [0.15, 0.2) is 23.8 Å². The SMILES string of the molecule is Nc1nc2c(ncn2[C@@H]2O[C@H](CO)C[C@@H]2OP(O)(=S)OC[C@H]2O[C@@H](n3cnc4c(N)ncnc43)C(F)[C@H]2O)c(=O)[nH]1. The summed E-state index contributed by atoms with van der Waals surface area (Å²) in [5.41, 5.74) is 11.4. The summed E-state index contributed by atoms with van der Waals surface area (Å²) in [4.78, 5) is 45.5. The van der Waals surface area contributed by atoms with Gasteiger partial charge in [-0.3, -0.25) is 18.9 Å². The van der Waals surface area contributed by atoms with Crippen molar-refractivity contribution in [1.29, 1.82) is 0 Å². The zero-order valence-electron chi connectivity index (χ0n) is 20.8. The number of nitrogens with two attached hydrogens (primary N) is 2. The molecule has 0 saturated carbocycles. The number of hydrogen-bond donors (Lipinski definition) is 6. The van der Waals surface area contributed by atoms with Gasteiger partial charge in [-0.15, -0.1) is 0 Å². The molecule has 21 heteroatoms. The summed E-state index contributed by atoms with van der Waals surface area (Å²) in [7, 11) is 0. The van der Waals surface area contributed by atoms with E-state index >= 15 is 4.39 Å². The molecule has 0 bridgehead atoms. The number of rotatable bonds is 8. The highest BCUT2D eigenvalue weighted by atomic mass is 32.5. The molecule has 2 fully saturated rings. The molecule has 8 N–H and O–H groups in total. The van der Waals surface area contributed by atoms with Crippen molar-refractivity contribution < 1.29 is 38.0 Å². The van der Waals surface area contributed by atoms with Crippen LogP contribution in [0.4, 0.5) is 16.2 Å². The second-order valence-electron chi connectivity index (χ2n) is 9.33. The third-order valence-electron chi connectivity index (χ3n) is 6.70. The molecule has 220 valence electrons. The molecule has 4 aromatic rings. The molecule has 2 aliphatic heterocycles. The first-order valence-corrected chi connectivity index (χ1v) is 14.7. The summed E-state index contributed by atoms with van der Waals surface area (Å²) in [6.07, 6.45) is -5.07. The van der Waals surface area contributed by atoms with Gasteiger partial charge in [0.15, 0.2) is 41.3 Å². The third-order valence-corrected chi connectivity index (χ3v) is 8.29. The fourth-order valence-electron chi connectivity index (χ4n) is 4.79. The van der Waals surface area contributed by atoms with Crippen molar-refractivity contribution >= 4 is 52.6 Å². The third kappa shape index (κ3) is 5.07. The number of fused-ring (bicyclic) bond motifs is 2. The van der Waals surface area contributed by atoms with E-state index in [0.29, 0.717) is 0 Å². The minimum absolute atomic E-state index is 0.0174. The number of aromatic nitrogens is 8. The Balaban J connectivity index is 1.16. The number of aliphatic hydroxyl groups is 2. The zero-order valence-corrected chi connectivity index (χ0v) is 22.5. The van der Waals surface area contributed by atoms with E-state index in [4.69, 9.17) is 41.8 Å². The second kappa shape index (κ2) is 10.6. The molecular weight excluding hydrogens is 590 g/mol. The Labute approximate surface area is 233 Å². The Morgan fingerprint density at radius 2 is 1.88 bits per heavy atom. The molecule has 0 amide bonds. The highest BCUT2D eigenvalue weighted by molar-refractivity contribution is 8.07. The van der Waals surface area contributed by atoms with E-state index in [1.54, 1.807) is 0 Å². The summed E-state index contributed by atoms with van der Waals surface area (Å²) < 4.78 is 40.4. The minimum atomic E-state index is -4.07. The molecule has 6 heterocycles. The Morgan fingerprint density at radius 3 is 2.63 bits per heavy atom. The van der Waals surface area contributed by atoms with Gasteiger partial charge in [0.1, 0.15) is 30.2 Å². The van der Waals surface area contributed by atoms with E-state index in [9.17, 15) is 19.9 Å². The molecule has 0 radical (unpaired) electrons. The molecule has 4 aromatic heterocycles. The van der Waals surface area contributed by atoms with Gasteiger partial charge >= 0.3 is 6.72 Å². The number of H-pyrrole nitrogens is 1. The maximum Gasteiger partial charge on any atom is 0.325 e. The highest BCUT2D eigenvalue weighted by Gasteiger charge is 2.47. The van der Waals surface area contributed by atoms with Gasteiger partial charge in [-0.1, -0.05) is 0 Å². The fraction of sp³-hybridized carbons (Fsp3) is 0.500. The van der Waals surface area contributed by atoms with Gasteiger partial charge in [-0.05, 0) is 11.8 Å². The van der Waals surface area contributed by atoms with Crippen LogP contribution in [-0.2, 0) is 30.3 Å². The van der Waals surface area contributed by atoms with Crippen LogP contribution in [0.1, 0.15) is 18.9 Å². The van der Waals surface area contributed by atoms with Crippen molar-refractivity contribution in [2.24, 2.45) is 0 Å². The van der Waals surface area contributed by atoms with E-state index < -0.39 is 61.9 Å². The molecule has 0 aromatic carbocycles. The van der Waals surface area contributed by atoms with Crippen LogP contribution in [0.3, 0.4) is 0 Å². The van der Waals surface area contributed by atoms with Crippen molar-refractivity contribution in [2.75, 3.05) is 24.7 Å². The van der Waals surface area contributed by atoms with Crippen LogP contribution < -0.4 is 17.0 Å². The maximum atomic E-state index is 15.1. The first kappa shape index (κ1) is 27.9. The number of hydrogen-bond acceptors (Lipinski definition) is 15. The summed E-state index contributed by atoms with van der Waals surface area (Å²) in [5, 5.41) is 20.2. The van der Waals surface area contributed by atoms with Crippen molar-refractivity contribution in [3.8, 4) is 0 Å². The number of nitrogens with zero attached hydrogens (tertiary/aromatic N) is 7. The van der Waals surface area contributed by atoms with Gasteiger partial charge in [-0.25, -0.2) is 24.3 Å². The van der Waals surface area contributed by atoms with Crippen LogP contribution in [0.2, 0.25) is 0 Å². The first-order valence-electron chi connectivity index (χ1n) is 12.1.